The molecule has 0 saturated carbocycles. The first kappa shape index (κ1) is 112. The van der Waals surface area contributed by atoms with Crippen LogP contribution in [0.5, 0.6) is 23.1 Å². The van der Waals surface area contributed by atoms with Crippen LogP contribution in [0.3, 0.4) is 0 Å². The van der Waals surface area contributed by atoms with E-state index in [0.29, 0.717) is 127 Å². The molecule has 5 aliphatic rings. The Hall–Kier alpha value is -11.9. The number of halogens is 2. The lowest BCUT2D eigenvalue weighted by atomic mass is 9.96. The first-order chi connectivity index (χ1) is 72.0. The smallest absolute Gasteiger partial charge is 0.345 e. The van der Waals surface area contributed by atoms with E-state index < -0.39 is 215 Å². The number of fused-ring (bicyclic) bond motifs is 1. The number of aliphatic carboxylic acids is 1. The number of likely N-dealkylation sites (N-methyl/N-ethyl adjacent to an activating group) is 1. The number of anilines is 1. The number of nitrogens with two attached hydrogens (primary N) is 2. The second-order valence-electron chi connectivity index (χ2n) is 37.7. The Morgan fingerprint density at radius 1 is 0.627 bits per heavy atom. The Balaban J connectivity index is 0.616. The molecule has 0 spiro atoms. The van der Waals surface area contributed by atoms with Crippen molar-refractivity contribution in [2.45, 2.75) is 220 Å². The van der Waals surface area contributed by atoms with Gasteiger partial charge < -0.3 is 166 Å². The van der Waals surface area contributed by atoms with Gasteiger partial charge in [0.2, 0.25) is 29.7 Å². The average Bonchev–Trinajstić information content (AvgIpc) is 1.58. The zero-order valence-electron chi connectivity index (χ0n) is 82.0. The number of ether oxygens (including phenoxy) is 11. The summed E-state index contributed by atoms with van der Waals surface area (Å²) in [6.07, 6.45) is -30.6. The number of nitrogens with zero attached hydrogens (tertiary/aromatic N) is 12. The summed E-state index contributed by atoms with van der Waals surface area (Å²) in [6.45, 7) is 4.91. The van der Waals surface area contributed by atoms with Crippen LogP contribution in [0.15, 0.2) is 134 Å². The molecule has 3 unspecified atom stereocenters. The van der Waals surface area contributed by atoms with E-state index in [1.165, 1.54) is 42.2 Å². The van der Waals surface area contributed by atoms with Crippen molar-refractivity contribution < 1.29 is 162 Å². The van der Waals surface area contributed by atoms with Crippen molar-refractivity contribution in [2.75, 3.05) is 91.8 Å². The number of nitrogens with one attached hydrogen (secondary N) is 4. The number of benzene rings is 5. The molecule has 5 amide bonds. The molecule has 5 fully saturated rings. The monoisotopic (exact) mass is 2130 g/mol. The molecule has 5 aromatic heterocycles. The summed E-state index contributed by atoms with van der Waals surface area (Å²) in [7, 11) is 3.65. The number of primary amides is 1. The number of carboxylic acid groups (broad SMARTS) is 1. The summed E-state index contributed by atoms with van der Waals surface area (Å²) >= 11 is 8.63. The molecule has 15 rings (SSSR count). The van der Waals surface area contributed by atoms with Gasteiger partial charge in [0.25, 0.3) is 0 Å². The maximum Gasteiger partial charge on any atom is 0.345 e. The van der Waals surface area contributed by atoms with Crippen molar-refractivity contribution in [3.8, 4) is 56.1 Å². The topological polar surface area (TPSA) is 707 Å². The summed E-state index contributed by atoms with van der Waals surface area (Å²) in [5.74, 6) is -3.09. The van der Waals surface area contributed by atoms with Gasteiger partial charge in [-0.05, 0) is 108 Å². The predicted octanol–water partition coefficient (Wildman–Crippen LogP) is -1.34. The van der Waals surface area contributed by atoms with E-state index in [1.54, 1.807) is 87.8 Å². The Morgan fingerprint density at radius 3 is 1.87 bits per heavy atom. The summed E-state index contributed by atoms with van der Waals surface area (Å²) in [6, 6.07) is 25.7. The predicted molar refractivity (Wildman–Crippen MR) is 524 cm³/mol. The fourth-order valence-electron chi connectivity index (χ4n) is 18.3. The van der Waals surface area contributed by atoms with E-state index in [4.69, 9.17) is 80.2 Å². The first-order valence-electron chi connectivity index (χ1n) is 48.4. The van der Waals surface area contributed by atoms with Crippen LogP contribution in [0.25, 0.3) is 43.2 Å². The van der Waals surface area contributed by atoms with Crippen molar-refractivity contribution >= 4 is 68.6 Å². The fraction of sp³-hybridized carbons (Fsp3) is 0.500. The van der Waals surface area contributed by atoms with Crippen LogP contribution in [0.4, 0.5) is 14.9 Å². The van der Waals surface area contributed by atoms with Crippen molar-refractivity contribution in [2.24, 2.45) is 17.4 Å². The van der Waals surface area contributed by atoms with Gasteiger partial charge in [0.05, 0.1) is 113 Å². The molecule has 5 aromatic carbocycles. The van der Waals surface area contributed by atoms with Crippen molar-refractivity contribution in [3.05, 3.63) is 184 Å². The number of carbonyl (C=O) groups excluding carboxylic acids is 4. The molecule has 810 valence electrons. The highest BCUT2D eigenvalue weighted by atomic mass is 35.5. The molecule has 0 aliphatic carbocycles. The second kappa shape index (κ2) is 50.6. The van der Waals surface area contributed by atoms with Gasteiger partial charge in [0.1, 0.15) is 169 Å². The SMILES string of the molecule is COc1ccccc1-c1nccc(COc2ccccc2C[C@@H](Oc2ncnc3sc(-c4ccc(F)cc4)c(-c4ccc(OCCN5CC[N+](C)(Cc6ccc(NC(=O)C(CCCNC(N)=O)NC(=O)C(NC(=O)C(N)Cc7cn([C@@H]8O[C@H](CO)[C@@H](O[C@@H]9O[C@H](CO)[C@H](O)[C@H](O)[C@H]9O)[C@H](O)[C@H]8O)nn7)C(C)C)cc6COCc6cn([C@H]7O[C@@H](CO)[C@H](O[C@H]8O[C@@H](CO)[C@@H](O)[C@@H](O)[C@@H]8O)[C@@H](O)[C@@H]7O)nn6)CC5)c(Cl)c4C)c23)C(=O)O)n1. The number of hydrogen-bond donors (Lipinski definition) is 21. The minimum absolute atomic E-state index is 0.00920. The summed E-state index contributed by atoms with van der Waals surface area (Å²) < 4.78 is 82.7. The van der Waals surface area contributed by atoms with Gasteiger partial charge in [-0.2, -0.15) is 0 Å². The molecule has 5 saturated heterocycles. The molecule has 24 atom stereocenters. The van der Waals surface area contributed by atoms with Crippen LogP contribution in [0.1, 0.15) is 78.5 Å². The number of aliphatic hydroxyl groups is 14. The van der Waals surface area contributed by atoms with Gasteiger partial charge in [-0.3, -0.25) is 19.3 Å². The Labute approximate surface area is 865 Å². The van der Waals surface area contributed by atoms with E-state index in [1.807, 2.05) is 43.3 Å². The zero-order valence-corrected chi connectivity index (χ0v) is 83.6. The standard InChI is InChI=1S/C98H122ClFN18O31S/c1-47(2)73(110-88(133)60(101)35-56-36-116(113-111-56)93-80(129)78(127)84(68(41-121)144-93)148-96-82(131)76(125)74(123)66(39-119)146-96)90(135)109-61(13-10-25-104-98(102)138)89(134)108-54-21-18-51(52(33-54)43-140-44-57-37-117(114-112-57)94-81(130)79(128)85(69(42-122)145-94)149-97-83(132)77(126)75(124)67(40-120)147-97)38-118(4)30-27-115(28-31-118)29-32-141-64-23-22-58(48(3)72(64)99)70-71-91(105-46-106-92(71)150-86(70)49-16-19-53(100)20-17-49)143-65(95(136)137)34-50-11-6-8-14-62(50)142-45-55-24-26-103-87(107-55)59-12-7-9-15-63(59)139-5/h6-9,11-12,14-24,26,33,36-37,46-47,60-61,65-69,73-85,93-94,96-97,119-132H,10,13,25,27-32,34-35,38-45,101H2,1-5H3,(H6-,102,104,108,109,110,133,134,135,136,137,138)/p+1/t60?,61?,65-,66-,67+,68-,69+,73?,74+,75-,76+,77-,78-,79+,80-,81+,82-,83+,84-,85+,93-,94+,96+,97-/m1/s1. The molecule has 52 heteroatoms. The van der Waals surface area contributed by atoms with E-state index >= 15 is 0 Å². The van der Waals surface area contributed by atoms with Crippen LogP contribution in [-0.2, 0) is 91.5 Å². The lowest BCUT2D eigenvalue weighted by Gasteiger charge is -2.45. The molecule has 150 heavy (non-hydrogen) atoms. The summed E-state index contributed by atoms with van der Waals surface area (Å²) in [4.78, 5) is 90.6. The Morgan fingerprint density at radius 2 is 1.25 bits per heavy atom. The van der Waals surface area contributed by atoms with Gasteiger partial charge in [0.15, 0.2) is 30.9 Å². The minimum Gasteiger partial charge on any atom is -0.496 e. The summed E-state index contributed by atoms with van der Waals surface area (Å²) in [5, 5.41) is 188. The lowest BCUT2D eigenvalue weighted by Crippen LogP contribution is -2.63. The number of carboxylic acids is 1. The fourth-order valence-corrected chi connectivity index (χ4v) is 19.7. The third-order valence-corrected chi connectivity index (χ3v) is 28.5. The maximum absolute atomic E-state index is 14.9. The highest BCUT2D eigenvalue weighted by Crippen LogP contribution is 2.50. The maximum atomic E-state index is 14.9. The molecule has 5 aliphatic heterocycles. The number of carbonyl (C=O) groups is 5. The van der Waals surface area contributed by atoms with Crippen molar-refractivity contribution in [1.29, 1.82) is 0 Å². The minimum atomic E-state index is -1.91. The number of thiophene rings is 1. The Bertz CT molecular complexity index is 6250. The number of aliphatic hydroxyl groups excluding tert-OH is 14. The molecule has 0 radical (unpaired) electrons. The van der Waals surface area contributed by atoms with Crippen molar-refractivity contribution in [1.82, 2.24) is 70.8 Å². The second-order valence-corrected chi connectivity index (χ2v) is 39.1. The van der Waals surface area contributed by atoms with Crippen molar-refractivity contribution in [3.63, 3.8) is 0 Å². The van der Waals surface area contributed by atoms with E-state index in [-0.39, 0.29) is 86.6 Å². The van der Waals surface area contributed by atoms with Crippen LogP contribution in [-0.4, -0.2) is 387 Å². The quantitative estimate of drug-likeness (QED) is 0.0155. The molecule has 23 N–H and O–H groups in total. The number of amides is 5. The number of para-hydroxylation sites is 2. The van der Waals surface area contributed by atoms with Crippen LogP contribution in [0.2, 0.25) is 5.02 Å². The normalized spacial score (nSPS) is 25.8. The zero-order chi connectivity index (χ0) is 107. The Kier molecular flexibility index (Phi) is 37.8. The molecule has 49 nitrogen and oxygen atoms in total. The number of piperazine rings is 1. The average molecular weight is 2140 g/mol. The van der Waals surface area contributed by atoms with Crippen LogP contribution < -0.4 is 51.7 Å². The van der Waals surface area contributed by atoms with Gasteiger partial charge in [-0.1, -0.05) is 90.5 Å². The van der Waals surface area contributed by atoms with Gasteiger partial charge in [-0.15, -0.1) is 21.5 Å². The molecule has 10 heterocycles. The molecule has 0 bridgehead atoms. The largest absolute Gasteiger partial charge is 0.496 e. The van der Waals surface area contributed by atoms with Crippen LogP contribution >= 0.6 is 22.9 Å². The van der Waals surface area contributed by atoms with Gasteiger partial charge >= 0.3 is 12.0 Å². The highest BCUT2D eigenvalue weighted by molar-refractivity contribution is 7.22. The van der Waals surface area contributed by atoms with E-state index in [2.05, 4.69) is 68.8 Å². The lowest BCUT2D eigenvalue weighted by molar-refractivity contribution is -0.926. The highest BCUT2D eigenvalue weighted by Gasteiger charge is 2.54. The first-order valence-corrected chi connectivity index (χ1v) is 49.6. The number of hydrogen-bond acceptors (Lipinski definition) is 41. The third kappa shape index (κ3) is 26.3. The number of aromatic nitrogens is 10. The third-order valence-electron chi connectivity index (χ3n) is 26.8. The van der Waals surface area contributed by atoms with Gasteiger partial charge in [-0.25, -0.2) is 43.3 Å². The molecular weight excluding hydrogens is 2010 g/mol. The van der Waals surface area contributed by atoms with Crippen LogP contribution in [0, 0.1) is 18.7 Å². The molecule has 10 aromatic rings. The summed E-state index contributed by atoms with van der Waals surface area (Å²) in [5.41, 5.74) is 17.8. The van der Waals surface area contributed by atoms with E-state index in [0.717, 1.165) is 14.9 Å². The molecular formula is C98H123ClFN18O31S+. The number of quaternary nitrogens is 1. The number of urea groups is 1. The number of rotatable bonds is 45. The van der Waals surface area contributed by atoms with Gasteiger partial charge in [0, 0.05) is 66.9 Å². The number of methoxy groups -OCH3 is 1. The van der Waals surface area contributed by atoms with E-state index in [9.17, 15) is 105 Å².